The molecule has 27 heavy (non-hydrogen) atoms. The highest BCUT2D eigenvalue weighted by atomic mass is 16.1. The second-order valence-electron chi connectivity index (χ2n) is 6.88. The van der Waals surface area contributed by atoms with Crippen LogP contribution >= 0.6 is 0 Å². The SMILES string of the molecule is Cc1cccc(C)c1NC(=O)c1cc2ccccc2n1Cc1ccccc1. The fraction of sp³-hybridized carbons (Fsp3) is 0.125. The molecule has 1 amide bonds. The summed E-state index contributed by atoms with van der Waals surface area (Å²) in [6.45, 7) is 4.69. The Bertz CT molecular complexity index is 1090. The van der Waals surface area contributed by atoms with E-state index in [9.17, 15) is 4.79 Å². The number of benzene rings is 3. The monoisotopic (exact) mass is 354 g/mol. The lowest BCUT2D eigenvalue weighted by atomic mass is 10.1. The first-order chi connectivity index (χ1) is 13.1. The minimum absolute atomic E-state index is 0.0838. The number of rotatable bonds is 4. The highest BCUT2D eigenvalue weighted by Gasteiger charge is 2.17. The fourth-order valence-electron chi connectivity index (χ4n) is 3.52. The van der Waals surface area contributed by atoms with Crippen LogP contribution in [-0.2, 0) is 6.54 Å². The van der Waals surface area contributed by atoms with E-state index in [0.29, 0.717) is 12.2 Å². The first-order valence-corrected chi connectivity index (χ1v) is 9.13. The van der Waals surface area contributed by atoms with Gasteiger partial charge < -0.3 is 9.88 Å². The van der Waals surface area contributed by atoms with E-state index in [2.05, 4.69) is 28.1 Å². The molecule has 3 aromatic carbocycles. The van der Waals surface area contributed by atoms with Crippen LogP contribution in [0.5, 0.6) is 0 Å². The number of fused-ring (bicyclic) bond motifs is 1. The maximum atomic E-state index is 13.2. The molecule has 134 valence electrons. The molecule has 1 N–H and O–H groups in total. The Morgan fingerprint density at radius 1 is 0.852 bits per heavy atom. The molecular weight excluding hydrogens is 332 g/mol. The molecule has 0 atom stereocenters. The molecule has 0 saturated carbocycles. The first kappa shape index (κ1) is 17.1. The van der Waals surface area contributed by atoms with Gasteiger partial charge in [-0.25, -0.2) is 0 Å². The van der Waals surface area contributed by atoms with Gasteiger partial charge in [-0.15, -0.1) is 0 Å². The molecule has 0 aliphatic carbocycles. The molecule has 4 aromatic rings. The molecule has 1 aromatic heterocycles. The zero-order chi connectivity index (χ0) is 18.8. The summed E-state index contributed by atoms with van der Waals surface area (Å²) >= 11 is 0. The van der Waals surface area contributed by atoms with Crippen LogP contribution in [0.1, 0.15) is 27.2 Å². The number of para-hydroxylation sites is 2. The predicted octanol–water partition coefficient (Wildman–Crippen LogP) is 5.56. The van der Waals surface area contributed by atoms with E-state index in [4.69, 9.17) is 0 Å². The van der Waals surface area contributed by atoms with E-state index in [0.717, 1.165) is 27.7 Å². The maximum absolute atomic E-state index is 13.2. The quantitative estimate of drug-likeness (QED) is 0.511. The summed E-state index contributed by atoms with van der Waals surface area (Å²) in [5, 5.41) is 4.19. The molecule has 0 radical (unpaired) electrons. The molecule has 0 fully saturated rings. The molecule has 0 unspecified atom stereocenters. The topological polar surface area (TPSA) is 34.0 Å². The van der Waals surface area contributed by atoms with Gasteiger partial charge in [0.2, 0.25) is 0 Å². The van der Waals surface area contributed by atoms with Gasteiger partial charge in [0.1, 0.15) is 5.69 Å². The number of nitrogens with zero attached hydrogens (tertiary/aromatic N) is 1. The Labute approximate surface area is 159 Å². The van der Waals surface area contributed by atoms with Crippen molar-refractivity contribution in [2.75, 3.05) is 5.32 Å². The number of aromatic nitrogens is 1. The Morgan fingerprint density at radius 2 is 1.52 bits per heavy atom. The molecule has 0 saturated heterocycles. The molecular formula is C24H22N2O. The van der Waals surface area contributed by atoms with E-state index >= 15 is 0 Å². The third-order valence-electron chi connectivity index (χ3n) is 4.95. The van der Waals surface area contributed by atoms with Gasteiger partial charge in [-0.3, -0.25) is 4.79 Å². The van der Waals surface area contributed by atoms with Crippen LogP contribution in [-0.4, -0.2) is 10.5 Å². The predicted molar refractivity (Wildman–Crippen MR) is 111 cm³/mol. The van der Waals surface area contributed by atoms with Crippen molar-refractivity contribution in [2.45, 2.75) is 20.4 Å². The Morgan fingerprint density at radius 3 is 2.26 bits per heavy atom. The van der Waals surface area contributed by atoms with Gasteiger partial charge >= 0.3 is 0 Å². The lowest BCUT2D eigenvalue weighted by Gasteiger charge is -2.14. The second-order valence-corrected chi connectivity index (χ2v) is 6.88. The first-order valence-electron chi connectivity index (χ1n) is 9.13. The Balaban J connectivity index is 1.76. The normalized spacial score (nSPS) is 10.9. The lowest BCUT2D eigenvalue weighted by Crippen LogP contribution is -2.18. The van der Waals surface area contributed by atoms with Crippen molar-refractivity contribution in [2.24, 2.45) is 0 Å². The third kappa shape index (κ3) is 3.36. The summed E-state index contributed by atoms with van der Waals surface area (Å²) < 4.78 is 2.09. The van der Waals surface area contributed by atoms with E-state index < -0.39 is 0 Å². The maximum Gasteiger partial charge on any atom is 0.272 e. The molecule has 1 heterocycles. The van der Waals surface area contributed by atoms with Gasteiger partial charge in [-0.1, -0.05) is 66.7 Å². The van der Waals surface area contributed by atoms with Gasteiger partial charge in [0.15, 0.2) is 0 Å². The van der Waals surface area contributed by atoms with Crippen LogP contribution in [0.25, 0.3) is 10.9 Å². The van der Waals surface area contributed by atoms with E-state index in [1.165, 1.54) is 5.56 Å². The van der Waals surface area contributed by atoms with Gasteiger partial charge in [0, 0.05) is 23.1 Å². The fourth-order valence-corrected chi connectivity index (χ4v) is 3.52. The molecule has 0 spiro atoms. The van der Waals surface area contributed by atoms with Gasteiger partial charge in [0.25, 0.3) is 5.91 Å². The van der Waals surface area contributed by atoms with Crippen molar-refractivity contribution >= 4 is 22.5 Å². The van der Waals surface area contributed by atoms with Crippen LogP contribution in [0.3, 0.4) is 0 Å². The average molecular weight is 354 g/mol. The van der Waals surface area contributed by atoms with Crippen molar-refractivity contribution in [3.05, 3.63) is 101 Å². The summed E-state index contributed by atoms with van der Waals surface area (Å²) in [6.07, 6.45) is 0. The molecule has 3 nitrogen and oxygen atoms in total. The van der Waals surface area contributed by atoms with Gasteiger partial charge in [-0.2, -0.15) is 0 Å². The highest BCUT2D eigenvalue weighted by Crippen LogP contribution is 2.24. The van der Waals surface area contributed by atoms with E-state index in [1.54, 1.807) is 0 Å². The van der Waals surface area contributed by atoms with Crippen LogP contribution in [0.4, 0.5) is 5.69 Å². The van der Waals surface area contributed by atoms with Gasteiger partial charge in [-0.05, 0) is 42.7 Å². The number of amides is 1. The molecule has 3 heteroatoms. The van der Waals surface area contributed by atoms with Gasteiger partial charge in [0.05, 0.1) is 0 Å². The number of anilines is 1. The summed E-state index contributed by atoms with van der Waals surface area (Å²) in [7, 11) is 0. The number of carbonyl (C=O) groups is 1. The number of carbonyl (C=O) groups excluding carboxylic acids is 1. The molecule has 0 aliphatic rings. The largest absolute Gasteiger partial charge is 0.332 e. The van der Waals surface area contributed by atoms with E-state index in [-0.39, 0.29) is 5.91 Å². The zero-order valence-electron chi connectivity index (χ0n) is 15.6. The third-order valence-corrected chi connectivity index (χ3v) is 4.95. The minimum atomic E-state index is -0.0838. The van der Waals surface area contributed by atoms with Crippen molar-refractivity contribution in [3.8, 4) is 0 Å². The summed E-state index contributed by atoms with van der Waals surface area (Å²) in [5.74, 6) is -0.0838. The lowest BCUT2D eigenvalue weighted by molar-refractivity contribution is 0.101. The van der Waals surface area contributed by atoms with E-state index in [1.807, 2.05) is 74.5 Å². The van der Waals surface area contributed by atoms with Crippen LogP contribution in [0.15, 0.2) is 78.9 Å². The van der Waals surface area contributed by atoms with Crippen molar-refractivity contribution in [1.82, 2.24) is 4.57 Å². The van der Waals surface area contributed by atoms with Crippen LogP contribution < -0.4 is 5.32 Å². The smallest absolute Gasteiger partial charge is 0.272 e. The summed E-state index contributed by atoms with van der Waals surface area (Å²) in [4.78, 5) is 13.2. The van der Waals surface area contributed by atoms with Crippen LogP contribution in [0, 0.1) is 13.8 Å². The minimum Gasteiger partial charge on any atom is -0.332 e. The number of nitrogens with one attached hydrogen (secondary N) is 1. The zero-order valence-corrected chi connectivity index (χ0v) is 15.6. The molecule has 0 aliphatic heterocycles. The molecule has 4 rings (SSSR count). The standard InChI is InChI=1S/C24H22N2O/c1-17-9-8-10-18(2)23(17)25-24(27)22-15-20-13-6-7-14-21(20)26(22)16-19-11-4-3-5-12-19/h3-15H,16H2,1-2H3,(H,25,27). The van der Waals surface area contributed by atoms with Crippen molar-refractivity contribution < 1.29 is 4.79 Å². The number of hydrogen-bond donors (Lipinski definition) is 1. The van der Waals surface area contributed by atoms with Crippen LogP contribution in [0.2, 0.25) is 0 Å². The van der Waals surface area contributed by atoms with Crippen molar-refractivity contribution in [1.29, 1.82) is 0 Å². The second kappa shape index (κ2) is 7.12. The van der Waals surface area contributed by atoms with Crippen molar-refractivity contribution in [3.63, 3.8) is 0 Å². The highest BCUT2D eigenvalue weighted by molar-refractivity contribution is 6.07. The Hall–Kier alpha value is -3.33. The number of hydrogen-bond acceptors (Lipinski definition) is 1. The number of aryl methyl sites for hydroxylation is 2. The summed E-state index contributed by atoms with van der Waals surface area (Å²) in [6, 6.07) is 26.4. The average Bonchev–Trinajstić information content (AvgIpc) is 3.04. The summed E-state index contributed by atoms with van der Waals surface area (Å²) in [5.41, 5.74) is 5.91. The Kier molecular flexibility index (Phi) is 4.51. The molecule has 0 bridgehead atoms.